The van der Waals surface area contributed by atoms with Gasteiger partial charge in [-0.15, -0.1) is 0 Å². The van der Waals surface area contributed by atoms with Gasteiger partial charge in [0.15, 0.2) is 0 Å². The highest BCUT2D eigenvalue weighted by Gasteiger charge is 2.29. The zero-order valence-electron chi connectivity index (χ0n) is 12.4. The number of ether oxygens (including phenoxy) is 1. The molecule has 1 amide bonds. The highest BCUT2D eigenvalue weighted by Crippen LogP contribution is 2.24. The fourth-order valence-corrected chi connectivity index (χ4v) is 2.20. The first-order valence-electron chi connectivity index (χ1n) is 6.75. The number of carbonyl (C=O) groups excluding carboxylic acids is 1. The standard InChI is InChI=1S/C13H20ClN5O2/c1-13(2,3)21-12(20)16-5-8-6-19(7-8)10-4-9(14)17-11(15)18-10/h4,8H,5-7H2,1-3H3,(H,16,20)(H2,15,17,18). The molecule has 3 N–H and O–H groups in total. The second-order valence-electron chi connectivity index (χ2n) is 6.06. The van der Waals surface area contributed by atoms with Crippen LogP contribution in [0.3, 0.4) is 0 Å². The van der Waals surface area contributed by atoms with Crippen molar-refractivity contribution in [2.24, 2.45) is 5.92 Å². The molecule has 2 heterocycles. The van der Waals surface area contributed by atoms with E-state index in [4.69, 9.17) is 22.1 Å². The molecule has 0 saturated carbocycles. The van der Waals surface area contributed by atoms with Crippen LogP contribution in [0, 0.1) is 5.92 Å². The predicted octanol–water partition coefficient (Wildman–Crippen LogP) is 1.67. The number of carbonyl (C=O) groups is 1. The molecule has 1 fully saturated rings. The Morgan fingerprint density at radius 2 is 2.19 bits per heavy atom. The Morgan fingerprint density at radius 3 is 2.76 bits per heavy atom. The zero-order chi connectivity index (χ0) is 15.6. The van der Waals surface area contributed by atoms with Crippen molar-refractivity contribution in [1.82, 2.24) is 15.3 Å². The number of nitrogens with two attached hydrogens (primary N) is 1. The summed E-state index contributed by atoms with van der Waals surface area (Å²) in [6.07, 6.45) is -0.393. The maximum Gasteiger partial charge on any atom is 0.407 e. The minimum absolute atomic E-state index is 0.160. The Morgan fingerprint density at radius 1 is 1.52 bits per heavy atom. The molecule has 1 aliphatic heterocycles. The highest BCUT2D eigenvalue weighted by atomic mass is 35.5. The number of hydrogen-bond donors (Lipinski definition) is 2. The number of hydrogen-bond acceptors (Lipinski definition) is 6. The lowest BCUT2D eigenvalue weighted by atomic mass is 10.0. The fraction of sp³-hybridized carbons (Fsp3) is 0.615. The SMILES string of the molecule is CC(C)(C)OC(=O)NCC1CN(c2cc(Cl)nc(N)n2)C1. The van der Waals surface area contributed by atoms with Crippen molar-refractivity contribution >= 4 is 29.5 Å². The molecule has 1 aromatic rings. The van der Waals surface area contributed by atoms with E-state index < -0.39 is 11.7 Å². The van der Waals surface area contributed by atoms with Gasteiger partial charge in [0.25, 0.3) is 0 Å². The molecule has 1 aliphatic rings. The van der Waals surface area contributed by atoms with Crippen LogP contribution in [-0.2, 0) is 4.74 Å². The number of nitrogens with zero attached hydrogens (tertiary/aromatic N) is 3. The molecule has 1 saturated heterocycles. The van der Waals surface area contributed by atoms with Crippen LogP contribution in [-0.4, -0.2) is 41.3 Å². The zero-order valence-corrected chi connectivity index (χ0v) is 13.1. The molecular weight excluding hydrogens is 294 g/mol. The lowest BCUT2D eigenvalue weighted by Crippen LogP contribution is -2.52. The molecule has 0 unspecified atom stereocenters. The third kappa shape index (κ3) is 4.63. The minimum atomic E-state index is -0.481. The molecule has 1 aromatic heterocycles. The van der Waals surface area contributed by atoms with E-state index in [0.717, 1.165) is 13.1 Å². The van der Waals surface area contributed by atoms with E-state index in [1.54, 1.807) is 6.07 Å². The summed E-state index contributed by atoms with van der Waals surface area (Å²) in [6, 6.07) is 1.68. The molecular formula is C13H20ClN5O2. The van der Waals surface area contributed by atoms with Gasteiger partial charge in [0.2, 0.25) is 5.95 Å². The van der Waals surface area contributed by atoms with E-state index in [1.165, 1.54) is 0 Å². The molecule has 116 valence electrons. The first kappa shape index (κ1) is 15.6. The molecule has 0 atom stereocenters. The average Bonchev–Trinajstić information content (AvgIpc) is 2.22. The summed E-state index contributed by atoms with van der Waals surface area (Å²) in [5, 5.41) is 3.09. The number of nitrogens with one attached hydrogen (secondary N) is 1. The van der Waals surface area contributed by atoms with E-state index >= 15 is 0 Å². The van der Waals surface area contributed by atoms with Gasteiger partial charge in [0, 0.05) is 31.6 Å². The van der Waals surface area contributed by atoms with Crippen molar-refractivity contribution in [3.63, 3.8) is 0 Å². The fourth-order valence-electron chi connectivity index (χ4n) is 2.01. The van der Waals surface area contributed by atoms with Gasteiger partial charge in [-0.05, 0) is 20.8 Å². The Kier molecular flexibility index (Phi) is 4.41. The summed E-state index contributed by atoms with van der Waals surface area (Å²) in [4.78, 5) is 21.5. The third-order valence-corrected chi connectivity index (χ3v) is 3.11. The minimum Gasteiger partial charge on any atom is -0.444 e. The molecule has 8 heteroatoms. The molecule has 0 aliphatic carbocycles. The van der Waals surface area contributed by atoms with E-state index in [-0.39, 0.29) is 5.95 Å². The lowest BCUT2D eigenvalue weighted by molar-refractivity contribution is 0.0516. The summed E-state index contributed by atoms with van der Waals surface area (Å²) in [5.41, 5.74) is 5.08. The van der Waals surface area contributed by atoms with Crippen molar-refractivity contribution in [3.8, 4) is 0 Å². The van der Waals surface area contributed by atoms with Crippen molar-refractivity contribution in [2.75, 3.05) is 30.3 Å². The van der Waals surface area contributed by atoms with E-state index in [2.05, 4.69) is 15.3 Å². The van der Waals surface area contributed by atoms with Crippen molar-refractivity contribution < 1.29 is 9.53 Å². The number of anilines is 2. The normalized spacial score (nSPS) is 15.5. The molecule has 7 nitrogen and oxygen atoms in total. The molecule has 0 aromatic carbocycles. The van der Waals surface area contributed by atoms with Gasteiger partial charge in [-0.3, -0.25) is 0 Å². The van der Waals surface area contributed by atoms with Gasteiger partial charge in [-0.1, -0.05) is 11.6 Å². The number of nitrogen functional groups attached to an aromatic ring is 1. The van der Waals surface area contributed by atoms with Crippen LogP contribution >= 0.6 is 11.6 Å². The maximum atomic E-state index is 11.5. The summed E-state index contributed by atoms with van der Waals surface area (Å²) in [5.74, 6) is 1.22. The van der Waals surface area contributed by atoms with Crippen LogP contribution in [0.25, 0.3) is 0 Å². The first-order chi connectivity index (χ1) is 9.73. The summed E-state index contributed by atoms with van der Waals surface area (Å²) in [6.45, 7) is 7.63. The molecule has 21 heavy (non-hydrogen) atoms. The quantitative estimate of drug-likeness (QED) is 0.825. The van der Waals surface area contributed by atoms with Crippen LogP contribution in [0.15, 0.2) is 6.07 Å². The average molecular weight is 314 g/mol. The van der Waals surface area contributed by atoms with Crippen LogP contribution < -0.4 is 16.0 Å². The van der Waals surface area contributed by atoms with Gasteiger partial charge in [0.05, 0.1) is 0 Å². The van der Waals surface area contributed by atoms with Gasteiger partial charge in [-0.2, -0.15) is 4.98 Å². The van der Waals surface area contributed by atoms with Crippen LogP contribution in [0.1, 0.15) is 20.8 Å². The third-order valence-electron chi connectivity index (χ3n) is 2.91. The molecule has 0 radical (unpaired) electrons. The van der Waals surface area contributed by atoms with Crippen LogP contribution in [0.2, 0.25) is 5.15 Å². The van der Waals surface area contributed by atoms with Gasteiger partial charge < -0.3 is 20.7 Å². The number of amides is 1. The Bertz CT molecular complexity index is 506. The van der Waals surface area contributed by atoms with Gasteiger partial charge >= 0.3 is 6.09 Å². The summed E-state index contributed by atoms with van der Waals surface area (Å²) in [7, 11) is 0. The van der Waals surface area contributed by atoms with Crippen LogP contribution in [0.4, 0.5) is 16.6 Å². The lowest BCUT2D eigenvalue weighted by Gasteiger charge is -2.40. The second-order valence-corrected chi connectivity index (χ2v) is 6.45. The predicted molar refractivity (Wildman–Crippen MR) is 81.4 cm³/mol. The molecule has 0 spiro atoms. The monoisotopic (exact) mass is 313 g/mol. The van der Waals surface area contributed by atoms with Crippen molar-refractivity contribution in [2.45, 2.75) is 26.4 Å². The topological polar surface area (TPSA) is 93.4 Å². The maximum absolute atomic E-state index is 11.5. The van der Waals surface area contributed by atoms with E-state index in [0.29, 0.717) is 23.4 Å². The van der Waals surface area contributed by atoms with Gasteiger partial charge in [0.1, 0.15) is 16.6 Å². The molecule has 0 bridgehead atoms. The van der Waals surface area contributed by atoms with Crippen molar-refractivity contribution in [3.05, 3.63) is 11.2 Å². The Balaban J connectivity index is 1.75. The molecule has 2 rings (SSSR count). The van der Waals surface area contributed by atoms with Crippen LogP contribution in [0.5, 0.6) is 0 Å². The Hall–Kier alpha value is -1.76. The Labute approximate surface area is 128 Å². The van der Waals surface area contributed by atoms with E-state index in [1.807, 2.05) is 25.7 Å². The largest absolute Gasteiger partial charge is 0.444 e. The summed E-state index contributed by atoms with van der Waals surface area (Å²) < 4.78 is 5.18. The van der Waals surface area contributed by atoms with E-state index in [9.17, 15) is 4.79 Å². The second kappa shape index (κ2) is 5.93. The number of halogens is 1. The number of alkyl carbamates (subject to hydrolysis) is 1. The highest BCUT2D eigenvalue weighted by molar-refractivity contribution is 6.29. The summed E-state index contributed by atoms with van der Waals surface area (Å²) >= 11 is 5.84. The van der Waals surface area contributed by atoms with Gasteiger partial charge in [-0.25, -0.2) is 9.78 Å². The first-order valence-corrected chi connectivity index (χ1v) is 7.12. The van der Waals surface area contributed by atoms with Crippen molar-refractivity contribution in [1.29, 1.82) is 0 Å². The smallest absolute Gasteiger partial charge is 0.407 e. The number of aromatic nitrogens is 2. The number of rotatable bonds is 3.